The molecule has 110 valence electrons. The van der Waals surface area contributed by atoms with Crippen molar-refractivity contribution in [1.82, 2.24) is 0 Å². The van der Waals surface area contributed by atoms with Crippen LogP contribution in [0.2, 0.25) is 0 Å². The lowest BCUT2D eigenvalue weighted by Crippen LogP contribution is -1.97. The first kappa shape index (κ1) is 14.4. The average molecular weight is 288 g/mol. The molecule has 0 aliphatic heterocycles. The van der Waals surface area contributed by atoms with Crippen LogP contribution in [-0.4, -0.2) is 5.11 Å². The first-order chi connectivity index (χ1) is 10.8. The van der Waals surface area contributed by atoms with Gasteiger partial charge in [0.15, 0.2) is 0 Å². The predicted octanol–water partition coefficient (Wildman–Crippen LogP) is 5.21. The number of rotatable bonds is 4. The van der Waals surface area contributed by atoms with Gasteiger partial charge in [0.1, 0.15) is 5.75 Å². The molecule has 0 radical (unpaired) electrons. The Bertz CT molecular complexity index is 746. The second-order valence-corrected chi connectivity index (χ2v) is 5.48. The van der Waals surface area contributed by atoms with Crippen molar-refractivity contribution < 1.29 is 5.11 Å². The molecular formula is C21H20O. The molecule has 0 saturated carbocycles. The van der Waals surface area contributed by atoms with Crippen LogP contribution >= 0.6 is 0 Å². The highest BCUT2D eigenvalue weighted by atomic mass is 16.3. The van der Waals surface area contributed by atoms with Gasteiger partial charge in [0.2, 0.25) is 0 Å². The summed E-state index contributed by atoms with van der Waals surface area (Å²) in [6, 6.07) is 24.7. The van der Waals surface area contributed by atoms with E-state index in [0.29, 0.717) is 5.75 Å². The second kappa shape index (κ2) is 6.48. The smallest absolute Gasteiger partial charge is 0.119 e. The van der Waals surface area contributed by atoms with Crippen molar-refractivity contribution in [1.29, 1.82) is 0 Å². The second-order valence-electron chi connectivity index (χ2n) is 5.48. The molecule has 0 aromatic heterocycles. The highest BCUT2D eigenvalue weighted by molar-refractivity contribution is 5.74. The maximum absolute atomic E-state index is 10.2. The van der Waals surface area contributed by atoms with Crippen molar-refractivity contribution in [2.24, 2.45) is 0 Å². The lowest BCUT2D eigenvalue weighted by atomic mass is 9.89. The number of benzene rings is 3. The van der Waals surface area contributed by atoms with E-state index in [4.69, 9.17) is 0 Å². The van der Waals surface area contributed by atoms with Crippen LogP contribution in [0.1, 0.15) is 23.6 Å². The maximum atomic E-state index is 10.2. The summed E-state index contributed by atoms with van der Waals surface area (Å²) in [6.07, 6.45) is 1.69. The zero-order valence-corrected chi connectivity index (χ0v) is 12.8. The molecule has 0 saturated heterocycles. The Labute approximate surface area is 131 Å². The highest BCUT2D eigenvalue weighted by Crippen LogP contribution is 2.35. The Balaban J connectivity index is 2.14. The summed E-state index contributed by atoms with van der Waals surface area (Å²) in [5, 5.41) is 10.2. The molecule has 0 bridgehead atoms. The molecule has 0 heterocycles. The minimum Gasteiger partial charge on any atom is -0.508 e. The van der Waals surface area contributed by atoms with Crippen molar-refractivity contribution in [3.05, 3.63) is 89.5 Å². The molecule has 0 unspecified atom stereocenters. The Hall–Kier alpha value is -2.54. The van der Waals surface area contributed by atoms with Crippen LogP contribution in [0, 0.1) is 0 Å². The predicted molar refractivity (Wildman–Crippen MR) is 92.2 cm³/mol. The zero-order valence-electron chi connectivity index (χ0n) is 12.8. The lowest BCUT2D eigenvalue weighted by molar-refractivity contribution is 0.469. The van der Waals surface area contributed by atoms with Gasteiger partial charge in [-0.3, -0.25) is 0 Å². The maximum Gasteiger partial charge on any atom is 0.119 e. The van der Waals surface area contributed by atoms with E-state index in [1.807, 2.05) is 36.4 Å². The zero-order chi connectivity index (χ0) is 15.4. The van der Waals surface area contributed by atoms with Gasteiger partial charge >= 0.3 is 0 Å². The van der Waals surface area contributed by atoms with Gasteiger partial charge in [-0.25, -0.2) is 0 Å². The Morgan fingerprint density at radius 3 is 2.05 bits per heavy atom. The van der Waals surface area contributed by atoms with E-state index in [2.05, 4.69) is 43.3 Å². The Kier molecular flexibility index (Phi) is 4.24. The summed E-state index contributed by atoms with van der Waals surface area (Å²) in [4.78, 5) is 0. The van der Waals surface area contributed by atoms with E-state index < -0.39 is 0 Å². The van der Waals surface area contributed by atoms with Gasteiger partial charge in [-0.1, -0.05) is 73.7 Å². The summed E-state index contributed by atoms with van der Waals surface area (Å²) in [5.74, 6) is 0.387. The molecule has 1 N–H and O–H groups in total. The molecule has 0 atom stereocenters. The van der Waals surface area contributed by atoms with Crippen molar-refractivity contribution >= 4 is 0 Å². The first-order valence-corrected chi connectivity index (χ1v) is 7.72. The monoisotopic (exact) mass is 288 g/mol. The summed E-state index contributed by atoms with van der Waals surface area (Å²) in [6.45, 7) is 2.09. The molecule has 22 heavy (non-hydrogen) atoms. The van der Waals surface area contributed by atoms with Gasteiger partial charge < -0.3 is 5.11 Å². The number of phenolic OH excluding ortho intramolecular Hbond substituents is 1. The van der Waals surface area contributed by atoms with Gasteiger partial charge in [0, 0.05) is 5.56 Å². The molecule has 1 heteroatoms. The SMILES string of the molecule is CCc1c(O)ccc(Cc2ccccc2)c1-c1ccccc1. The molecule has 3 rings (SSSR count). The minimum atomic E-state index is 0.387. The fourth-order valence-electron chi connectivity index (χ4n) is 2.97. The highest BCUT2D eigenvalue weighted by Gasteiger charge is 2.13. The number of hydrogen-bond acceptors (Lipinski definition) is 1. The quantitative estimate of drug-likeness (QED) is 0.698. The van der Waals surface area contributed by atoms with E-state index >= 15 is 0 Å². The molecular weight excluding hydrogens is 268 g/mol. The number of hydrogen-bond donors (Lipinski definition) is 1. The van der Waals surface area contributed by atoms with Gasteiger partial charge in [-0.15, -0.1) is 0 Å². The van der Waals surface area contributed by atoms with Crippen molar-refractivity contribution in [2.45, 2.75) is 19.8 Å². The molecule has 0 aliphatic rings. The largest absolute Gasteiger partial charge is 0.508 e. The average Bonchev–Trinajstić information content (AvgIpc) is 2.58. The van der Waals surface area contributed by atoms with Crippen LogP contribution in [0.3, 0.4) is 0 Å². The van der Waals surface area contributed by atoms with Crippen LogP contribution in [0.5, 0.6) is 5.75 Å². The lowest BCUT2D eigenvalue weighted by Gasteiger charge is -2.16. The van der Waals surface area contributed by atoms with Gasteiger partial charge in [0.05, 0.1) is 0 Å². The van der Waals surface area contributed by atoms with Gasteiger partial charge in [0.25, 0.3) is 0 Å². The molecule has 0 aliphatic carbocycles. The summed E-state index contributed by atoms with van der Waals surface area (Å²) >= 11 is 0. The normalized spacial score (nSPS) is 10.6. The van der Waals surface area contributed by atoms with Crippen LogP contribution in [0.25, 0.3) is 11.1 Å². The Morgan fingerprint density at radius 2 is 1.41 bits per heavy atom. The van der Waals surface area contributed by atoms with Crippen molar-refractivity contribution in [3.8, 4) is 16.9 Å². The van der Waals surface area contributed by atoms with Gasteiger partial charge in [-0.05, 0) is 41.2 Å². The van der Waals surface area contributed by atoms with E-state index in [9.17, 15) is 5.11 Å². The molecule has 3 aromatic carbocycles. The van der Waals surface area contributed by atoms with E-state index in [1.54, 1.807) is 0 Å². The molecule has 0 fully saturated rings. The van der Waals surface area contributed by atoms with E-state index in [1.165, 1.54) is 22.3 Å². The third-order valence-corrected chi connectivity index (χ3v) is 4.03. The third-order valence-electron chi connectivity index (χ3n) is 4.03. The Morgan fingerprint density at radius 1 is 0.773 bits per heavy atom. The van der Waals surface area contributed by atoms with Crippen molar-refractivity contribution in [3.63, 3.8) is 0 Å². The molecule has 0 amide bonds. The molecule has 1 nitrogen and oxygen atoms in total. The third kappa shape index (κ3) is 2.89. The number of aromatic hydroxyl groups is 1. The van der Waals surface area contributed by atoms with Crippen LogP contribution in [-0.2, 0) is 12.8 Å². The number of phenols is 1. The summed E-state index contributed by atoms with van der Waals surface area (Å²) < 4.78 is 0. The van der Waals surface area contributed by atoms with E-state index in [-0.39, 0.29) is 0 Å². The van der Waals surface area contributed by atoms with Gasteiger partial charge in [-0.2, -0.15) is 0 Å². The fraction of sp³-hybridized carbons (Fsp3) is 0.143. The van der Waals surface area contributed by atoms with E-state index in [0.717, 1.165) is 18.4 Å². The van der Waals surface area contributed by atoms with Crippen LogP contribution in [0.4, 0.5) is 0 Å². The standard InChI is InChI=1S/C21H20O/c1-2-19-20(22)14-13-18(15-16-9-5-3-6-10-16)21(19)17-11-7-4-8-12-17/h3-14,22H,2,15H2,1H3. The summed E-state index contributed by atoms with van der Waals surface area (Å²) in [7, 11) is 0. The van der Waals surface area contributed by atoms with Crippen LogP contribution < -0.4 is 0 Å². The first-order valence-electron chi connectivity index (χ1n) is 7.72. The molecule has 0 spiro atoms. The fourth-order valence-corrected chi connectivity index (χ4v) is 2.97. The minimum absolute atomic E-state index is 0.387. The molecule has 3 aromatic rings. The summed E-state index contributed by atoms with van der Waals surface area (Å²) in [5.41, 5.74) is 5.91. The van der Waals surface area contributed by atoms with Crippen molar-refractivity contribution in [2.75, 3.05) is 0 Å². The topological polar surface area (TPSA) is 20.2 Å². The van der Waals surface area contributed by atoms with Crippen LogP contribution in [0.15, 0.2) is 72.8 Å².